The molecule has 1 saturated heterocycles. The molecule has 2 aromatic carbocycles. The van der Waals surface area contributed by atoms with Crippen molar-refractivity contribution in [2.24, 2.45) is 5.10 Å². The molecule has 0 radical (unpaired) electrons. The average Bonchev–Trinajstić information content (AvgIpc) is 2.74. The number of hydrogen-bond acceptors (Lipinski definition) is 6. The van der Waals surface area contributed by atoms with Crippen molar-refractivity contribution in [2.75, 3.05) is 39.8 Å². The molecule has 0 spiro atoms. The number of nitrogens with one attached hydrogen (secondary N) is 1. The first-order valence-corrected chi connectivity index (χ1v) is 12.0. The predicted octanol–water partition coefficient (Wildman–Crippen LogP) is 2.22. The number of nitrogens with zero attached hydrogens (tertiary/aromatic N) is 3. The van der Waals surface area contributed by atoms with E-state index in [4.69, 9.17) is 4.74 Å². The van der Waals surface area contributed by atoms with Gasteiger partial charge < -0.3 is 4.74 Å². The largest absolute Gasteiger partial charge is 0.496 e. The monoisotopic (exact) mass is 508 g/mol. The Morgan fingerprint density at radius 3 is 2.45 bits per heavy atom. The quantitative estimate of drug-likeness (QED) is 0.457. The lowest BCUT2D eigenvalue weighted by atomic mass is 10.2. The van der Waals surface area contributed by atoms with E-state index >= 15 is 0 Å². The molecule has 3 rings (SSSR count). The number of aryl methyl sites for hydroxylation is 1. The minimum atomic E-state index is -3.51. The summed E-state index contributed by atoms with van der Waals surface area (Å²) < 4.78 is 33.0. The van der Waals surface area contributed by atoms with Gasteiger partial charge in [0.15, 0.2) is 0 Å². The van der Waals surface area contributed by atoms with Crippen molar-refractivity contribution in [1.82, 2.24) is 14.6 Å². The molecule has 0 atom stereocenters. The van der Waals surface area contributed by atoms with E-state index < -0.39 is 10.0 Å². The van der Waals surface area contributed by atoms with Crippen LogP contribution in [-0.4, -0.2) is 69.6 Å². The molecule has 0 saturated carbocycles. The Morgan fingerprint density at radius 2 is 1.84 bits per heavy atom. The molecule has 0 bridgehead atoms. The average molecular weight is 509 g/mol. The topological polar surface area (TPSA) is 91.3 Å². The van der Waals surface area contributed by atoms with Crippen molar-refractivity contribution in [3.8, 4) is 5.75 Å². The van der Waals surface area contributed by atoms with Crippen LogP contribution in [0.1, 0.15) is 11.1 Å². The number of piperazine rings is 1. The summed E-state index contributed by atoms with van der Waals surface area (Å²) in [6.07, 6.45) is 1.55. The number of sulfonamides is 1. The molecule has 2 aromatic rings. The number of hydrazone groups is 1. The summed E-state index contributed by atoms with van der Waals surface area (Å²) >= 11 is 3.40. The third-order valence-electron chi connectivity index (χ3n) is 4.94. The van der Waals surface area contributed by atoms with E-state index in [0.29, 0.717) is 36.8 Å². The Balaban J connectivity index is 1.47. The van der Waals surface area contributed by atoms with Crippen LogP contribution in [0.15, 0.2) is 56.9 Å². The van der Waals surface area contributed by atoms with Crippen molar-refractivity contribution >= 4 is 38.1 Å². The van der Waals surface area contributed by atoms with E-state index in [-0.39, 0.29) is 12.5 Å². The Morgan fingerprint density at radius 1 is 1.16 bits per heavy atom. The Bertz CT molecular complexity index is 1050. The number of carbonyl (C=O) groups is 1. The fourth-order valence-electron chi connectivity index (χ4n) is 3.17. The third kappa shape index (κ3) is 6.13. The summed E-state index contributed by atoms with van der Waals surface area (Å²) in [4.78, 5) is 14.4. The van der Waals surface area contributed by atoms with Crippen LogP contribution in [0.2, 0.25) is 0 Å². The van der Waals surface area contributed by atoms with Crippen molar-refractivity contribution in [3.63, 3.8) is 0 Å². The molecule has 1 aliphatic rings. The maximum Gasteiger partial charge on any atom is 0.254 e. The van der Waals surface area contributed by atoms with Gasteiger partial charge in [-0.05, 0) is 58.7 Å². The molecule has 31 heavy (non-hydrogen) atoms. The van der Waals surface area contributed by atoms with Gasteiger partial charge in [-0.15, -0.1) is 0 Å². The first-order chi connectivity index (χ1) is 14.8. The number of amides is 1. The Hall–Kier alpha value is -2.27. The number of hydrogen-bond donors (Lipinski definition) is 1. The van der Waals surface area contributed by atoms with E-state index in [1.807, 2.05) is 24.0 Å². The second-order valence-corrected chi connectivity index (χ2v) is 9.97. The maximum atomic E-state index is 12.8. The Kier molecular flexibility index (Phi) is 7.82. The van der Waals surface area contributed by atoms with Crippen molar-refractivity contribution < 1.29 is 17.9 Å². The smallest absolute Gasteiger partial charge is 0.254 e. The molecular formula is C21H25BrN4O4S. The van der Waals surface area contributed by atoms with Crippen LogP contribution >= 0.6 is 15.9 Å². The van der Waals surface area contributed by atoms with Crippen LogP contribution in [0.5, 0.6) is 5.75 Å². The van der Waals surface area contributed by atoms with Gasteiger partial charge in [-0.1, -0.05) is 17.7 Å². The summed E-state index contributed by atoms with van der Waals surface area (Å²) in [6.45, 7) is 3.71. The van der Waals surface area contributed by atoms with Crippen molar-refractivity contribution in [3.05, 3.63) is 58.1 Å². The first kappa shape index (κ1) is 23.4. The van der Waals surface area contributed by atoms with Gasteiger partial charge in [-0.3, -0.25) is 9.69 Å². The highest BCUT2D eigenvalue weighted by molar-refractivity contribution is 9.10. The lowest BCUT2D eigenvalue weighted by Gasteiger charge is -2.33. The molecule has 166 valence electrons. The minimum absolute atomic E-state index is 0.155. The summed E-state index contributed by atoms with van der Waals surface area (Å²) in [6, 6.07) is 12.3. The van der Waals surface area contributed by atoms with Crippen LogP contribution < -0.4 is 10.2 Å². The maximum absolute atomic E-state index is 12.8. The van der Waals surface area contributed by atoms with Crippen molar-refractivity contribution in [2.45, 2.75) is 11.8 Å². The fourth-order valence-corrected chi connectivity index (χ4v) is 5.15. The molecule has 8 nitrogen and oxygen atoms in total. The van der Waals surface area contributed by atoms with E-state index in [0.717, 1.165) is 15.6 Å². The van der Waals surface area contributed by atoms with Crippen LogP contribution in [-0.2, 0) is 14.8 Å². The highest BCUT2D eigenvalue weighted by atomic mass is 79.9. The third-order valence-corrected chi connectivity index (χ3v) is 7.47. The molecule has 1 fully saturated rings. The highest BCUT2D eigenvalue weighted by Gasteiger charge is 2.28. The summed E-state index contributed by atoms with van der Waals surface area (Å²) in [5.74, 6) is 0.461. The molecule has 0 aromatic heterocycles. The van der Waals surface area contributed by atoms with Gasteiger partial charge in [0.2, 0.25) is 10.0 Å². The first-order valence-electron chi connectivity index (χ1n) is 9.74. The van der Waals surface area contributed by atoms with Gasteiger partial charge in [0, 0.05) is 26.2 Å². The summed E-state index contributed by atoms with van der Waals surface area (Å²) in [5, 5.41) is 3.99. The minimum Gasteiger partial charge on any atom is -0.496 e. The van der Waals surface area contributed by atoms with Crippen LogP contribution in [0.4, 0.5) is 0 Å². The SMILES string of the molecule is COc1ccc(C=NNC(=O)CN2CCN(S(=O)(=O)c3ccc(C)cc3)CC2)cc1Br. The van der Waals surface area contributed by atoms with E-state index in [1.165, 1.54) is 4.31 Å². The molecule has 0 aliphatic carbocycles. The zero-order chi connectivity index (χ0) is 22.4. The van der Waals surface area contributed by atoms with Crippen molar-refractivity contribution in [1.29, 1.82) is 0 Å². The second kappa shape index (κ2) is 10.4. The molecule has 10 heteroatoms. The normalized spacial score (nSPS) is 15.8. The van der Waals surface area contributed by atoms with E-state index in [2.05, 4.69) is 26.5 Å². The number of methoxy groups -OCH3 is 1. The van der Waals surface area contributed by atoms with Crippen LogP contribution in [0.3, 0.4) is 0 Å². The second-order valence-electron chi connectivity index (χ2n) is 7.18. The molecule has 0 unspecified atom stereocenters. The number of carbonyl (C=O) groups excluding carboxylic acids is 1. The molecule has 1 amide bonds. The Labute approximate surface area is 191 Å². The van der Waals surface area contributed by atoms with E-state index in [9.17, 15) is 13.2 Å². The predicted molar refractivity (Wildman–Crippen MR) is 123 cm³/mol. The molecule has 1 aliphatic heterocycles. The fraction of sp³-hybridized carbons (Fsp3) is 0.333. The zero-order valence-corrected chi connectivity index (χ0v) is 19.8. The van der Waals surface area contributed by atoms with Gasteiger partial charge in [0.05, 0.1) is 29.2 Å². The number of benzene rings is 2. The zero-order valence-electron chi connectivity index (χ0n) is 17.4. The van der Waals surface area contributed by atoms with Crippen LogP contribution in [0, 0.1) is 6.92 Å². The van der Waals surface area contributed by atoms with Gasteiger partial charge in [0.1, 0.15) is 5.75 Å². The highest BCUT2D eigenvalue weighted by Crippen LogP contribution is 2.24. The lowest BCUT2D eigenvalue weighted by molar-refractivity contribution is -0.122. The lowest BCUT2D eigenvalue weighted by Crippen LogP contribution is -2.50. The molecule has 1 N–H and O–H groups in total. The molecule has 1 heterocycles. The van der Waals surface area contributed by atoms with Crippen LogP contribution in [0.25, 0.3) is 0 Å². The summed E-state index contributed by atoms with van der Waals surface area (Å²) in [7, 11) is -1.93. The van der Waals surface area contributed by atoms with Gasteiger partial charge in [0.25, 0.3) is 5.91 Å². The summed E-state index contributed by atoms with van der Waals surface area (Å²) in [5.41, 5.74) is 4.33. The number of halogens is 1. The van der Waals surface area contributed by atoms with Gasteiger partial charge >= 0.3 is 0 Å². The number of ether oxygens (including phenoxy) is 1. The van der Waals surface area contributed by atoms with Gasteiger partial charge in [-0.2, -0.15) is 9.41 Å². The standard InChI is InChI=1S/C21H25BrN4O4S/c1-16-3-6-18(7-4-16)31(28,29)26-11-9-25(10-12-26)15-21(27)24-23-14-17-5-8-20(30-2)19(22)13-17/h3-8,13-14H,9-12,15H2,1-2H3,(H,24,27). The molecular weight excluding hydrogens is 484 g/mol. The van der Waals surface area contributed by atoms with E-state index in [1.54, 1.807) is 43.7 Å². The van der Waals surface area contributed by atoms with Gasteiger partial charge in [-0.25, -0.2) is 13.8 Å². The number of rotatable bonds is 7.